The lowest BCUT2D eigenvalue weighted by Gasteiger charge is -2.16. The third-order valence-corrected chi connectivity index (χ3v) is 5.06. The van der Waals surface area contributed by atoms with Crippen LogP contribution in [-0.2, 0) is 11.3 Å². The summed E-state index contributed by atoms with van der Waals surface area (Å²) in [4.78, 5) is 13.9. The van der Waals surface area contributed by atoms with Crippen LogP contribution in [0.4, 0.5) is 10.2 Å². The first-order chi connectivity index (χ1) is 14.9. The Bertz CT molecular complexity index is 1200. The summed E-state index contributed by atoms with van der Waals surface area (Å²) in [6, 6.07) is 7.93. The van der Waals surface area contributed by atoms with Crippen molar-refractivity contribution in [3.8, 4) is 0 Å². The molecule has 0 spiro atoms. The number of nitrogen functional groups attached to an aromatic ring is 1. The highest BCUT2D eigenvalue weighted by Crippen LogP contribution is 2.31. The monoisotopic (exact) mass is 432 g/mol. The molecule has 0 bridgehead atoms. The van der Waals surface area contributed by atoms with Gasteiger partial charge >= 0.3 is 6.08 Å². The van der Waals surface area contributed by atoms with Gasteiger partial charge in [-0.05, 0) is 6.07 Å². The summed E-state index contributed by atoms with van der Waals surface area (Å²) in [7, 11) is 0. The number of nitrogens with two attached hydrogens (primary N) is 1. The zero-order valence-corrected chi connectivity index (χ0v) is 16.1. The topological polar surface area (TPSA) is 176 Å². The molecule has 1 saturated heterocycles. The number of aromatic amines is 1. The standard InChI is InChI=1S/C10H12FN5O4.C9H9NO/c11-10-14-7(12)4-8(15-10)16(2-13-4)9-6(19)5(18)3(1-17)20-9;11-6-7-5-10-9-4-2-1-3-8(7)9/h2-3,5-6,9,17-19H,1H2,(H2,12,14,15);1-5,10-11H,6H2/t3-,5-,6+,9-;/m1./s1. The Kier molecular flexibility index (Phi) is 5.80. The number of aromatic nitrogens is 5. The lowest BCUT2D eigenvalue weighted by molar-refractivity contribution is -0.0511. The van der Waals surface area contributed by atoms with E-state index in [-0.39, 0.29) is 23.6 Å². The van der Waals surface area contributed by atoms with Gasteiger partial charge in [0.05, 0.1) is 19.5 Å². The molecule has 1 aromatic carbocycles. The van der Waals surface area contributed by atoms with Crippen molar-refractivity contribution >= 4 is 27.9 Å². The molecule has 0 unspecified atom stereocenters. The lowest BCUT2D eigenvalue weighted by Crippen LogP contribution is -2.33. The fourth-order valence-corrected chi connectivity index (χ4v) is 3.47. The molecule has 5 rings (SSSR count). The van der Waals surface area contributed by atoms with Gasteiger partial charge in [0.1, 0.15) is 18.3 Å². The van der Waals surface area contributed by atoms with Crippen molar-refractivity contribution < 1.29 is 29.6 Å². The van der Waals surface area contributed by atoms with Crippen molar-refractivity contribution in [1.82, 2.24) is 24.5 Å². The summed E-state index contributed by atoms with van der Waals surface area (Å²) in [5.74, 6) is -0.141. The molecule has 3 aromatic heterocycles. The summed E-state index contributed by atoms with van der Waals surface area (Å²) in [6.07, 6.45) is -2.55. The van der Waals surface area contributed by atoms with Crippen LogP contribution in [0.1, 0.15) is 11.8 Å². The van der Waals surface area contributed by atoms with Gasteiger partial charge < -0.3 is 35.9 Å². The van der Waals surface area contributed by atoms with E-state index in [1.165, 1.54) is 10.9 Å². The molecule has 1 aliphatic heterocycles. The van der Waals surface area contributed by atoms with E-state index >= 15 is 0 Å². The molecule has 0 radical (unpaired) electrons. The first kappa shape index (κ1) is 21.1. The smallest absolute Gasteiger partial charge is 0.312 e. The van der Waals surface area contributed by atoms with Gasteiger partial charge in [-0.25, -0.2) is 4.98 Å². The number of nitrogens with zero attached hydrogens (tertiary/aromatic N) is 4. The highest BCUT2D eigenvalue weighted by Gasteiger charge is 2.44. The second kappa shape index (κ2) is 8.53. The van der Waals surface area contributed by atoms with Gasteiger partial charge in [0, 0.05) is 22.7 Å². The molecule has 1 fully saturated rings. The van der Waals surface area contributed by atoms with Crippen LogP contribution in [0.3, 0.4) is 0 Å². The number of imidazole rings is 1. The minimum absolute atomic E-state index is 0.0323. The van der Waals surface area contributed by atoms with Crippen molar-refractivity contribution in [1.29, 1.82) is 0 Å². The molecule has 4 heterocycles. The maximum absolute atomic E-state index is 13.2. The number of aliphatic hydroxyl groups is 4. The first-order valence-corrected chi connectivity index (χ1v) is 9.38. The van der Waals surface area contributed by atoms with Crippen molar-refractivity contribution in [3.05, 3.63) is 48.4 Å². The average Bonchev–Trinajstić information content (AvgIpc) is 3.45. The number of fused-ring (bicyclic) bond motifs is 2. The Hall–Kier alpha value is -3.16. The van der Waals surface area contributed by atoms with Gasteiger partial charge in [-0.3, -0.25) is 4.57 Å². The summed E-state index contributed by atoms with van der Waals surface area (Å²) in [5.41, 5.74) is 7.75. The molecule has 7 N–H and O–H groups in total. The molecular formula is C19H21FN6O5. The number of ether oxygens (including phenoxy) is 1. The summed E-state index contributed by atoms with van der Waals surface area (Å²) >= 11 is 0. The Balaban J connectivity index is 0.000000177. The Morgan fingerprint density at radius 3 is 2.65 bits per heavy atom. The number of anilines is 1. The third-order valence-electron chi connectivity index (χ3n) is 5.06. The molecule has 4 aromatic rings. The van der Waals surface area contributed by atoms with Crippen molar-refractivity contribution in [2.24, 2.45) is 0 Å². The maximum atomic E-state index is 13.2. The van der Waals surface area contributed by atoms with E-state index in [0.717, 1.165) is 16.5 Å². The van der Waals surface area contributed by atoms with Crippen LogP contribution in [-0.4, -0.2) is 69.8 Å². The highest BCUT2D eigenvalue weighted by atomic mass is 19.1. The number of benzene rings is 1. The summed E-state index contributed by atoms with van der Waals surface area (Å²) in [5, 5.41) is 38.7. The molecule has 11 nitrogen and oxygen atoms in total. The molecule has 0 amide bonds. The fourth-order valence-electron chi connectivity index (χ4n) is 3.47. The zero-order valence-electron chi connectivity index (χ0n) is 16.1. The Morgan fingerprint density at radius 2 is 1.94 bits per heavy atom. The number of para-hydroxylation sites is 1. The quantitative estimate of drug-likeness (QED) is 0.240. The fraction of sp³-hybridized carbons (Fsp3) is 0.316. The predicted octanol–water partition coefficient (Wildman–Crippen LogP) is -0.181. The van der Waals surface area contributed by atoms with Crippen LogP contribution >= 0.6 is 0 Å². The molecule has 31 heavy (non-hydrogen) atoms. The van der Waals surface area contributed by atoms with Crippen molar-refractivity contribution in [2.45, 2.75) is 31.1 Å². The van der Waals surface area contributed by atoms with Crippen LogP contribution in [0.15, 0.2) is 36.8 Å². The number of rotatable bonds is 3. The number of aliphatic hydroxyl groups excluding tert-OH is 4. The molecule has 0 aliphatic carbocycles. The van der Waals surface area contributed by atoms with Gasteiger partial charge in [0.25, 0.3) is 0 Å². The second-order valence-electron chi connectivity index (χ2n) is 6.95. The van der Waals surface area contributed by atoms with E-state index in [9.17, 15) is 14.6 Å². The van der Waals surface area contributed by atoms with Crippen LogP contribution in [0.5, 0.6) is 0 Å². The number of hydrogen-bond acceptors (Lipinski definition) is 9. The average molecular weight is 432 g/mol. The van der Waals surface area contributed by atoms with Gasteiger partial charge in [-0.15, -0.1) is 0 Å². The van der Waals surface area contributed by atoms with Crippen LogP contribution in [0, 0.1) is 6.08 Å². The van der Waals surface area contributed by atoms with Crippen LogP contribution in [0.25, 0.3) is 22.1 Å². The van der Waals surface area contributed by atoms with E-state index in [0.29, 0.717) is 0 Å². The summed E-state index contributed by atoms with van der Waals surface area (Å²) < 4.78 is 19.8. The van der Waals surface area contributed by atoms with Gasteiger partial charge in [-0.1, -0.05) is 18.2 Å². The lowest BCUT2D eigenvalue weighted by atomic mass is 10.1. The normalized spacial score (nSPS) is 23.3. The minimum Gasteiger partial charge on any atom is -0.394 e. The molecule has 1 aliphatic rings. The summed E-state index contributed by atoms with van der Waals surface area (Å²) in [6.45, 7) is -0.364. The molecule has 0 saturated carbocycles. The van der Waals surface area contributed by atoms with Gasteiger partial charge in [-0.2, -0.15) is 14.4 Å². The van der Waals surface area contributed by atoms with E-state index in [4.69, 9.17) is 20.7 Å². The zero-order chi connectivity index (χ0) is 22.1. The highest BCUT2D eigenvalue weighted by molar-refractivity contribution is 5.83. The van der Waals surface area contributed by atoms with Crippen molar-refractivity contribution in [2.75, 3.05) is 12.3 Å². The largest absolute Gasteiger partial charge is 0.394 e. The second-order valence-corrected chi connectivity index (χ2v) is 6.95. The van der Waals surface area contributed by atoms with Gasteiger partial charge in [0.2, 0.25) is 0 Å². The molecule has 12 heteroatoms. The van der Waals surface area contributed by atoms with Crippen molar-refractivity contribution in [3.63, 3.8) is 0 Å². The SMILES string of the molecule is Nc1nc(F)nc2c1ncn2[C@@H]1O[C@H](CO)[C@@H](O)[C@@H]1O.OCc1c[nH]c2ccccc12. The number of hydrogen-bond donors (Lipinski definition) is 6. The van der Waals surface area contributed by atoms with E-state index < -0.39 is 37.2 Å². The van der Waals surface area contributed by atoms with E-state index in [2.05, 4.69) is 19.9 Å². The first-order valence-electron chi connectivity index (χ1n) is 9.38. The molecular weight excluding hydrogens is 411 g/mol. The third kappa shape index (κ3) is 3.82. The van der Waals surface area contributed by atoms with E-state index in [1.807, 2.05) is 30.5 Å². The molecule has 4 atom stereocenters. The Morgan fingerprint density at radius 1 is 1.16 bits per heavy atom. The number of halogens is 1. The number of nitrogens with one attached hydrogen (secondary N) is 1. The maximum Gasteiger partial charge on any atom is 0.312 e. The van der Waals surface area contributed by atoms with E-state index in [1.54, 1.807) is 0 Å². The van der Waals surface area contributed by atoms with Crippen LogP contribution < -0.4 is 5.73 Å². The van der Waals surface area contributed by atoms with Crippen LogP contribution in [0.2, 0.25) is 0 Å². The Labute approximate surface area is 174 Å². The minimum atomic E-state index is -1.32. The number of H-pyrrole nitrogens is 1. The van der Waals surface area contributed by atoms with Gasteiger partial charge in [0.15, 0.2) is 23.2 Å². The molecule has 164 valence electrons. The predicted molar refractivity (Wildman–Crippen MR) is 107 cm³/mol.